The highest BCUT2D eigenvalue weighted by atomic mass is 16.5. The molecule has 1 heterocycles. The molecule has 0 saturated carbocycles. The van der Waals surface area contributed by atoms with Crippen molar-refractivity contribution in [2.24, 2.45) is 0 Å². The van der Waals surface area contributed by atoms with Crippen LogP contribution in [0.25, 0.3) is 10.9 Å². The van der Waals surface area contributed by atoms with E-state index in [1.807, 2.05) is 55.6 Å². The smallest absolute Gasteiger partial charge is 0.339 e. The van der Waals surface area contributed by atoms with E-state index in [1.165, 1.54) is 13.2 Å². The Morgan fingerprint density at radius 1 is 0.971 bits per heavy atom. The van der Waals surface area contributed by atoms with Crippen molar-refractivity contribution in [1.82, 2.24) is 9.88 Å². The summed E-state index contributed by atoms with van der Waals surface area (Å²) in [6, 6.07) is 20.6. The first-order valence-corrected chi connectivity index (χ1v) is 11.4. The third-order valence-electron chi connectivity index (χ3n) is 6.07. The van der Waals surface area contributed by atoms with Crippen LogP contribution in [0.1, 0.15) is 27.0 Å². The maximum Gasteiger partial charge on any atom is 0.339 e. The van der Waals surface area contributed by atoms with Crippen LogP contribution in [-0.2, 0) is 17.8 Å². The summed E-state index contributed by atoms with van der Waals surface area (Å²) in [5, 5.41) is 10.7. The number of fused-ring (bicyclic) bond motifs is 1. The first-order chi connectivity index (χ1) is 17.0. The number of methoxy groups -OCH3 is 1. The van der Waals surface area contributed by atoms with Crippen molar-refractivity contribution in [2.75, 3.05) is 20.3 Å². The second-order valence-electron chi connectivity index (χ2n) is 8.28. The van der Waals surface area contributed by atoms with E-state index < -0.39 is 5.97 Å². The molecule has 1 aromatic heterocycles. The zero-order chi connectivity index (χ0) is 24.8. The lowest BCUT2D eigenvalue weighted by Gasteiger charge is -2.24. The van der Waals surface area contributed by atoms with Gasteiger partial charge in [-0.25, -0.2) is 4.79 Å². The summed E-state index contributed by atoms with van der Waals surface area (Å²) in [5.41, 5.74) is 4.27. The van der Waals surface area contributed by atoms with Gasteiger partial charge in [0.05, 0.1) is 7.11 Å². The van der Waals surface area contributed by atoms with Gasteiger partial charge in [0.1, 0.15) is 5.56 Å². The monoisotopic (exact) mass is 472 g/mol. The number of hydrogen-bond donors (Lipinski definition) is 2. The first-order valence-electron chi connectivity index (χ1n) is 11.4. The molecule has 7 nitrogen and oxygen atoms in total. The summed E-state index contributed by atoms with van der Waals surface area (Å²) in [4.78, 5) is 30.0. The highest BCUT2D eigenvalue weighted by molar-refractivity contribution is 5.92. The van der Waals surface area contributed by atoms with Gasteiger partial charge in [-0.05, 0) is 48.2 Å². The van der Waals surface area contributed by atoms with Crippen LogP contribution in [0.15, 0.2) is 72.9 Å². The van der Waals surface area contributed by atoms with Gasteiger partial charge < -0.3 is 24.5 Å². The number of aromatic nitrogens is 1. The number of nitrogens with zero attached hydrogens (tertiary/aromatic N) is 1. The Kier molecular flexibility index (Phi) is 7.35. The zero-order valence-electron chi connectivity index (χ0n) is 19.8. The number of aryl methyl sites for hydroxylation is 1. The van der Waals surface area contributed by atoms with Gasteiger partial charge in [0.15, 0.2) is 18.1 Å². The minimum atomic E-state index is -1.15. The number of carbonyl (C=O) groups is 2. The number of carboxylic acids is 1. The number of benzene rings is 3. The fraction of sp³-hybridized carbons (Fsp3) is 0.214. The molecule has 4 aromatic rings. The maximum absolute atomic E-state index is 13.3. The van der Waals surface area contributed by atoms with Gasteiger partial charge in [-0.3, -0.25) is 4.79 Å². The standard InChI is InChI=1S/C28H28N2O5/c1-19-8-3-4-9-21(19)17-30(15-14-20-16-29-24-12-6-5-10-22(20)24)26(31)18-35-27-23(28(32)33)11-7-13-25(27)34-2/h3-13,16,29H,14-15,17-18H2,1-2H3,(H,32,33). The molecule has 0 aliphatic rings. The second kappa shape index (κ2) is 10.8. The van der Waals surface area contributed by atoms with Crippen LogP contribution >= 0.6 is 0 Å². The summed E-state index contributed by atoms with van der Waals surface area (Å²) in [6.45, 7) is 2.62. The number of hydrogen-bond acceptors (Lipinski definition) is 4. The summed E-state index contributed by atoms with van der Waals surface area (Å²) in [5.74, 6) is -1.08. The Balaban J connectivity index is 1.54. The molecule has 0 spiro atoms. The molecule has 180 valence electrons. The van der Waals surface area contributed by atoms with Gasteiger partial charge >= 0.3 is 5.97 Å². The van der Waals surface area contributed by atoms with Crippen LogP contribution in [0.3, 0.4) is 0 Å². The van der Waals surface area contributed by atoms with Crippen LogP contribution < -0.4 is 9.47 Å². The van der Waals surface area contributed by atoms with Crippen molar-refractivity contribution >= 4 is 22.8 Å². The van der Waals surface area contributed by atoms with E-state index in [0.29, 0.717) is 19.5 Å². The fourth-order valence-corrected chi connectivity index (χ4v) is 4.10. The van der Waals surface area contributed by atoms with Crippen LogP contribution in [0.4, 0.5) is 0 Å². The molecular formula is C28H28N2O5. The van der Waals surface area contributed by atoms with Gasteiger partial charge in [0, 0.05) is 30.2 Å². The Hall–Kier alpha value is -4.26. The molecule has 0 aliphatic heterocycles. The highest BCUT2D eigenvalue weighted by Gasteiger charge is 2.21. The van der Waals surface area contributed by atoms with E-state index in [-0.39, 0.29) is 29.6 Å². The quantitative estimate of drug-likeness (QED) is 0.345. The normalized spacial score (nSPS) is 10.8. The van der Waals surface area contributed by atoms with Crippen molar-refractivity contribution in [3.63, 3.8) is 0 Å². The molecule has 0 saturated heterocycles. The number of ether oxygens (including phenoxy) is 2. The SMILES string of the molecule is COc1cccc(C(=O)O)c1OCC(=O)N(CCc1c[nH]c2ccccc12)Cc1ccccc1C. The summed E-state index contributed by atoms with van der Waals surface area (Å²) in [7, 11) is 1.43. The summed E-state index contributed by atoms with van der Waals surface area (Å²) >= 11 is 0. The lowest BCUT2D eigenvalue weighted by molar-refractivity contribution is -0.134. The van der Waals surface area contributed by atoms with Crippen molar-refractivity contribution in [3.8, 4) is 11.5 Å². The van der Waals surface area contributed by atoms with E-state index in [0.717, 1.165) is 27.6 Å². The molecule has 3 aromatic carbocycles. The van der Waals surface area contributed by atoms with Crippen molar-refractivity contribution < 1.29 is 24.2 Å². The molecule has 2 N–H and O–H groups in total. The van der Waals surface area contributed by atoms with Crippen LogP contribution in [0.2, 0.25) is 0 Å². The number of nitrogens with one attached hydrogen (secondary N) is 1. The van der Waals surface area contributed by atoms with Crippen LogP contribution in [0.5, 0.6) is 11.5 Å². The summed E-state index contributed by atoms with van der Waals surface area (Å²) < 4.78 is 11.0. The van der Waals surface area contributed by atoms with Crippen molar-refractivity contribution in [1.29, 1.82) is 0 Å². The Bertz CT molecular complexity index is 1340. The molecule has 0 unspecified atom stereocenters. The number of amides is 1. The highest BCUT2D eigenvalue weighted by Crippen LogP contribution is 2.31. The largest absolute Gasteiger partial charge is 0.493 e. The molecule has 0 radical (unpaired) electrons. The van der Waals surface area contributed by atoms with Gasteiger partial charge in [-0.2, -0.15) is 0 Å². The first kappa shape index (κ1) is 23.9. The van der Waals surface area contributed by atoms with Gasteiger partial charge in [0.2, 0.25) is 0 Å². The molecule has 0 aliphatic carbocycles. The molecule has 1 amide bonds. The number of carbonyl (C=O) groups excluding carboxylic acids is 1. The lowest BCUT2D eigenvalue weighted by atomic mass is 10.1. The molecule has 7 heteroatoms. The average molecular weight is 473 g/mol. The van der Waals surface area contributed by atoms with Crippen molar-refractivity contribution in [3.05, 3.63) is 95.2 Å². The minimum absolute atomic E-state index is 0.0447. The topological polar surface area (TPSA) is 91.9 Å². The number of aromatic amines is 1. The van der Waals surface area contributed by atoms with E-state index in [2.05, 4.69) is 11.1 Å². The fourth-order valence-electron chi connectivity index (χ4n) is 4.10. The predicted molar refractivity (Wildman–Crippen MR) is 134 cm³/mol. The number of rotatable bonds is 10. The molecule has 35 heavy (non-hydrogen) atoms. The summed E-state index contributed by atoms with van der Waals surface area (Å²) in [6.07, 6.45) is 2.64. The third kappa shape index (κ3) is 5.46. The molecular weight excluding hydrogens is 444 g/mol. The number of H-pyrrole nitrogens is 1. The Labute approximate surface area is 203 Å². The van der Waals surface area contributed by atoms with Gasteiger partial charge in [-0.15, -0.1) is 0 Å². The van der Waals surface area contributed by atoms with Crippen LogP contribution in [0, 0.1) is 6.92 Å². The number of carboxylic acid groups (broad SMARTS) is 1. The Morgan fingerprint density at radius 3 is 2.51 bits per heavy atom. The van der Waals surface area contributed by atoms with E-state index >= 15 is 0 Å². The lowest BCUT2D eigenvalue weighted by Crippen LogP contribution is -2.36. The van der Waals surface area contributed by atoms with Gasteiger partial charge in [-0.1, -0.05) is 48.5 Å². The average Bonchev–Trinajstić information content (AvgIpc) is 3.29. The van der Waals surface area contributed by atoms with Crippen LogP contribution in [-0.4, -0.2) is 47.1 Å². The maximum atomic E-state index is 13.3. The predicted octanol–water partition coefficient (Wildman–Crippen LogP) is 4.83. The van der Waals surface area contributed by atoms with E-state index in [9.17, 15) is 14.7 Å². The minimum Gasteiger partial charge on any atom is -0.493 e. The molecule has 0 atom stereocenters. The molecule has 0 fully saturated rings. The Morgan fingerprint density at radius 2 is 1.74 bits per heavy atom. The van der Waals surface area contributed by atoms with E-state index in [4.69, 9.17) is 9.47 Å². The van der Waals surface area contributed by atoms with Crippen molar-refractivity contribution in [2.45, 2.75) is 19.9 Å². The third-order valence-corrected chi connectivity index (χ3v) is 6.07. The molecule has 4 rings (SSSR count). The zero-order valence-corrected chi connectivity index (χ0v) is 19.8. The second-order valence-corrected chi connectivity index (χ2v) is 8.28. The number of aromatic carboxylic acids is 1. The van der Waals surface area contributed by atoms with E-state index in [1.54, 1.807) is 17.0 Å². The molecule has 0 bridgehead atoms. The number of para-hydroxylation sites is 2. The van der Waals surface area contributed by atoms with Gasteiger partial charge in [0.25, 0.3) is 5.91 Å².